The second-order valence-electron chi connectivity index (χ2n) is 6.67. The van der Waals surface area contributed by atoms with Crippen LogP contribution in [0, 0.1) is 5.92 Å². The molecule has 0 aromatic carbocycles. The lowest BCUT2D eigenvalue weighted by atomic mass is 9.86. The van der Waals surface area contributed by atoms with E-state index in [9.17, 15) is 0 Å². The van der Waals surface area contributed by atoms with Crippen molar-refractivity contribution in [3.8, 4) is 0 Å². The van der Waals surface area contributed by atoms with Crippen LogP contribution in [0.5, 0.6) is 0 Å². The molecule has 4 nitrogen and oxygen atoms in total. The van der Waals surface area contributed by atoms with Crippen LogP contribution in [0.4, 0.5) is 0 Å². The molecule has 1 unspecified atom stereocenters. The quantitative estimate of drug-likeness (QED) is 0.895. The lowest BCUT2D eigenvalue weighted by Gasteiger charge is -2.31. The minimum atomic E-state index is 0.280. The summed E-state index contributed by atoms with van der Waals surface area (Å²) in [7, 11) is 2.23. The molecule has 0 amide bonds. The maximum absolute atomic E-state index is 4.42. The maximum atomic E-state index is 4.42. The molecule has 2 aliphatic rings. The summed E-state index contributed by atoms with van der Waals surface area (Å²) in [6.45, 7) is 8.23. The Balaban J connectivity index is 1.70. The van der Waals surface area contributed by atoms with Crippen LogP contribution < -0.4 is 5.32 Å². The molecule has 3 rings (SSSR count). The third-order valence-electron chi connectivity index (χ3n) is 4.99. The first-order valence-electron chi connectivity index (χ1n) is 7.57. The topological polar surface area (TPSA) is 33.1 Å². The predicted octanol–water partition coefficient (Wildman–Crippen LogP) is 1.48. The Labute approximate surface area is 116 Å². The van der Waals surface area contributed by atoms with Crippen molar-refractivity contribution in [3.63, 3.8) is 0 Å². The lowest BCUT2D eigenvalue weighted by molar-refractivity contribution is 0.203. The lowest BCUT2D eigenvalue weighted by Crippen LogP contribution is -2.33. The number of imidazole rings is 1. The first kappa shape index (κ1) is 13.1. The van der Waals surface area contributed by atoms with Crippen molar-refractivity contribution < 1.29 is 0 Å². The second-order valence-corrected chi connectivity index (χ2v) is 6.67. The molecular weight excluding hydrogens is 236 g/mol. The number of aromatic nitrogens is 2. The van der Waals surface area contributed by atoms with Crippen LogP contribution in [-0.4, -0.2) is 47.7 Å². The van der Waals surface area contributed by atoms with E-state index < -0.39 is 0 Å². The molecule has 1 aromatic rings. The van der Waals surface area contributed by atoms with E-state index in [4.69, 9.17) is 0 Å². The highest BCUT2D eigenvalue weighted by Crippen LogP contribution is 2.31. The normalized spacial score (nSPS) is 30.0. The van der Waals surface area contributed by atoms with Crippen molar-refractivity contribution in [1.29, 1.82) is 0 Å². The molecular formula is C15H26N4. The first-order valence-corrected chi connectivity index (χ1v) is 7.57. The van der Waals surface area contributed by atoms with E-state index in [1.54, 1.807) is 0 Å². The van der Waals surface area contributed by atoms with Gasteiger partial charge in [-0.3, -0.25) is 0 Å². The Morgan fingerprint density at radius 2 is 2.21 bits per heavy atom. The van der Waals surface area contributed by atoms with Gasteiger partial charge in [0.05, 0.1) is 6.33 Å². The van der Waals surface area contributed by atoms with E-state index in [1.807, 2.05) is 6.33 Å². The minimum Gasteiger partial charge on any atom is -0.334 e. The summed E-state index contributed by atoms with van der Waals surface area (Å²) < 4.78 is 2.42. The van der Waals surface area contributed by atoms with Crippen LogP contribution in [0.1, 0.15) is 31.9 Å². The molecule has 1 aromatic heterocycles. The van der Waals surface area contributed by atoms with Crippen LogP contribution >= 0.6 is 0 Å². The van der Waals surface area contributed by atoms with E-state index in [2.05, 4.69) is 39.9 Å². The monoisotopic (exact) mass is 262 g/mol. The largest absolute Gasteiger partial charge is 0.334 e. The summed E-state index contributed by atoms with van der Waals surface area (Å²) in [5.74, 6) is 0.821. The molecule has 106 valence electrons. The zero-order valence-corrected chi connectivity index (χ0v) is 12.2. The van der Waals surface area contributed by atoms with Gasteiger partial charge in [-0.25, -0.2) is 4.98 Å². The van der Waals surface area contributed by atoms with Gasteiger partial charge in [-0.15, -0.1) is 0 Å². The van der Waals surface area contributed by atoms with Crippen LogP contribution in [0.3, 0.4) is 0 Å². The van der Waals surface area contributed by atoms with Crippen LogP contribution in [0.2, 0.25) is 0 Å². The van der Waals surface area contributed by atoms with Crippen LogP contribution in [0.15, 0.2) is 12.5 Å². The Bertz CT molecular complexity index is 412. The summed E-state index contributed by atoms with van der Waals surface area (Å²) in [4.78, 5) is 6.86. The summed E-state index contributed by atoms with van der Waals surface area (Å²) >= 11 is 0. The fourth-order valence-electron chi connectivity index (χ4n) is 3.53. The molecule has 0 saturated carbocycles. The molecule has 2 saturated heterocycles. The zero-order chi connectivity index (χ0) is 13.3. The summed E-state index contributed by atoms with van der Waals surface area (Å²) in [6.07, 6.45) is 8.00. The fraction of sp³-hybridized carbons (Fsp3) is 0.800. The number of piperidine rings is 1. The van der Waals surface area contributed by atoms with Gasteiger partial charge in [-0.05, 0) is 51.9 Å². The average Bonchev–Trinajstić information content (AvgIpc) is 3.02. The summed E-state index contributed by atoms with van der Waals surface area (Å²) in [6, 6.07) is 0. The highest BCUT2D eigenvalue weighted by atomic mass is 15.1. The van der Waals surface area contributed by atoms with Crippen molar-refractivity contribution in [2.75, 3.05) is 33.2 Å². The van der Waals surface area contributed by atoms with E-state index in [0.717, 1.165) is 25.6 Å². The van der Waals surface area contributed by atoms with Gasteiger partial charge >= 0.3 is 0 Å². The van der Waals surface area contributed by atoms with Crippen molar-refractivity contribution in [1.82, 2.24) is 19.8 Å². The highest BCUT2D eigenvalue weighted by molar-refractivity contribution is 5.17. The Morgan fingerprint density at radius 3 is 2.89 bits per heavy atom. The molecule has 1 N–H and O–H groups in total. The number of hydrogen-bond acceptors (Lipinski definition) is 3. The molecule has 0 spiro atoms. The van der Waals surface area contributed by atoms with Gasteiger partial charge in [0.25, 0.3) is 0 Å². The number of likely N-dealkylation sites (tertiary alicyclic amines) is 1. The van der Waals surface area contributed by atoms with Gasteiger partial charge in [0.1, 0.15) is 0 Å². The zero-order valence-electron chi connectivity index (χ0n) is 12.2. The summed E-state index contributed by atoms with van der Waals surface area (Å²) in [5.41, 5.74) is 1.71. The molecule has 2 fully saturated rings. The fourth-order valence-corrected chi connectivity index (χ4v) is 3.53. The van der Waals surface area contributed by atoms with E-state index in [1.165, 1.54) is 38.0 Å². The minimum absolute atomic E-state index is 0.280. The van der Waals surface area contributed by atoms with Gasteiger partial charge in [0, 0.05) is 30.4 Å². The van der Waals surface area contributed by atoms with Gasteiger partial charge in [0.2, 0.25) is 0 Å². The smallest absolute Gasteiger partial charge is 0.0948 e. The SMILES string of the molecule is CN1CCC(Cn2cncc2C2(C)CCNC2)CC1. The van der Waals surface area contributed by atoms with Gasteiger partial charge in [0.15, 0.2) is 0 Å². The van der Waals surface area contributed by atoms with E-state index in [-0.39, 0.29) is 5.41 Å². The number of nitrogens with one attached hydrogen (secondary N) is 1. The van der Waals surface area contributed by atoms with Crippen molar-refractivity contribution in [3.05, 3.63) is 18.2 Å². The highest BCUT2D eigenvalue weighted by Gasteiger charge is 2.33. The second kappa shape index (κ2) is 5.25. The van der Waals surface area contributed by atoms with Gasteiger partial charge in [-0.2, -0.15) is 0 Å². The molecule has 19 heavy (non-hydrogen) atoms. The predicted molar refractivity (Wildman–Crippen MR) is 77.3 cm³/mol. The molecule has 1 atom stereocenters. The Hall–Kier alpha value is -0.870. The molecule has 0 aliphatic carbocycles. The van der Waals surface area contributed by atoms with Crippen LogP contribution in [-0.2, 0) is 12.0 Å². The third kappa shape index (κ3) is 2.70. The van der Waals surface area contributed by atoms with Crippen molar-refractivity contribution >= 4 is 0 Å². The van der Waals surface area contributed by atoms with Crippen molar-refractivity contribution in [2.45, 2.75) is 38.1 Å². The molecule has 0 bridgehead atoms. The number of nitrogens with zero attached hydrogens (tertiary/aromatic N) is 3. The van der Waals surface area contributed by atoms with Crippen molar-refractivity contribution in [2.24, 2.45) is 5.92 Å². The Kier molecular flexibility index (Phi) is 3.63. The maximum Gasteiger partial charge on any atom is 0.0948 e. The van der Waals surface area contributed by atoms with Gasteiger partial charge < -0.3 is 14.8 Å². The first-order chi connectivity index (χ1) is 9.17. The summed E-state index contributed by atoms with van der Waals surface area (Å²) in [5, 5.41) is 3.49. The van der Waals surface area contributed by atoms with E-state index in [0.29, 0.717) is 0 Å². The Morgan fingerprint density at radius 1 is 1.42 bits per heavy atom. The molecule has 4 heteroatoms. The van der Waals surface area contributed by atoms with Gasteiger partial charge in [-0.1, -0.05) is 6.92 Å². The average molecular weight is 262 g/mol. The number of rotatable bonds is 3. The van der Waals surface area contributed by atoms with E-state index >= 15 is 0 Å². The number of hydrogen-bond donors (Lipinski definition) is 1. The third-order valence-corrected chi connectivity index (χ3v) is 4.99. The van der Waals surface area contributed by atoms with Crippen LogP contribution in [0.25, 0.3) is 0 Å². The molecule has 0 radical (unpaired) electrons. The molecule has 3 heterocycles. The molecule has 2 aliphatic heterocycles. The standard InChI is InChI=1S/C15H26N4/c1-15(5-6-16-11-15)14-9-17-12-19(14)10-13-3-7-18(2)8-4-13/h9,12-13,16H,3-8,10-11H2,1-2H3.